The minimum Gasteiger partial charge on any atom is -0.268 e. The van der Waals surface area contributed by atoms with Gasteiger partial charge >= 0.3 is 6.18 Å². The molecule has 1 N–H and O–H groups in total. The molecule has 3 nitrogen and oxygen atoms in total. The largest absolute Gasteiger partial charge is 0.416 e. The van der Waals surface area contributed by atoms with Gasteiger partial charge in [0, 0.05) is 11.6 Å². The van der Waals surface area contributed by atoms with E-state index < -0.39 is 17.3 Å². The summed E-state index contributed by atoms with van der Waals surface area (Å²) in [5, 5.41) is 5.44. The average molecular weight is 309 g/mol. The fraction of sp³-hybridized carbons (Fsp3) is 0.0909. The van der Waals surface area contributed by atoms with Gasteiger partial charge in [0.1, 0.15) is 0 Å². The number of hydrogen-bond acceptors (Lipinski definition) is 2. The lowest BCUT2D eigenvalue weighted by Crippen LogP contribution is -2.07. The Morgan fingerprint density at radius 2 is 1.68 bits per heavy atom. The van der Waals surface area contributed by atoms with Crippen LogP contribution in [0.2, 0.25) is 10.0 Å². The fourth-order valence-electron chi connectivity index (χ4n) is 1.47. The number of nitrogens with zero attached hydrogens (tertiary/aromatic N) is 1. The molecule has 1 heterocycles. The summed E-state index contributed by atoms with van der Waals surface area (Å²) in [5.41, 5.74) is -1.07. The van der Waals surface area contributed by atoms with Gasteiger partial charge in [0.05, 0.1) is 21.3 Å². The summed E-state index contributed by atoms with van der Waals surface area (Å²) >= 11 is 11.6. The number of aromatic nitrogens is 2. The Kier molecular flexibility index (Phi) is 3.56. The van der Waals surface area contributed by atoms with E-state index in [9.17, 15) is 18.0 Å². The normalized spacial score (nSPS) is 11.6. The molecule has 0 aliphatic heterocycles. The first kappa shape index (κ1) is 13.9. The van der Waals surface area contributed by atoms with Gasteiger partial charge in [0.25, 0.3) is 5.56 Å². The van der Waals surface area contributed by atoms with Gasteiger partial charge in [-0.15, -0.1) is 0 Å². The predicted molar refractivity (Wildman–Crippen MR) is 65.3 cm³/mol. The van der Waals surface area contributed by atoms with Crippen molar-refractivity contribution in [3.63, 3.8) is 0 Å². The average Bonchev–Trinajstić information content (AvgIpc) is 2.29. The molecule has 0 radical (unpaired) electrons. The maximum absolute atomic E-state index is 12.6. The Bertz CT molecular complexity index is 639. The van der Waals surface area contributed by atoms with Crippen molar-refractivity contribution < 1.29 is 13.2 Å². The molecule has 2 rings (SSSR count). The maximum Gasteiger partial charge on any atom is 0.416 e. The molecule has 1 aromatic carbocycles. The summed E-state index contributed by atoms with van der Waals surface area (Å²) in [7, 11) is 0. The van der Waals surface area contributed by atoms with Gasteiger partial charge in [-0.2, -0.15) is 18.3 Å². The summed E-state index contributed by atoms with van der Waals surface area (Å²) in [6, 6.07) is 4.01. The molecule has 0 fully saturated rings. The van der Waals surface area contributed by atoms with Crippen LogP contribution in [-0.2, 0) is 6.18 Å². The lowest BCUT2D eigenvalue weighted by molar-refractivity contribution is -0.137. The van der Waals surface area contributed by atoms with E-state index in [1.165, 1.54) is 12.1 Å². The van der Waals surface area contributed by atoms with Crippen molar-refractivity contribution in [2.75, 3.05) is 0 Å². The zero-order chi connectivity index (χ0) is 14.2. The third-order valence-electron chi connectivity index (χ3n) is 2.30. The van der Waals surface area contributed by atoms with Gasteiger partial charge in [-0.3, -0.25) is 4.79 Å². The van der Waals surface area contributed by atoms with Crippen LogP contribution in [0.1, 0.15) is 5.56 Å². The fourth-order valence-corrected chi connectivity index (χ4v) is 2.15. The lowest BCUT2D eigenvalue weighted by Gasteiger charge is -2.11. The van der Waals surface area contributed by atoms with Crippen LogP contribution in [0.15, 0.2) is 29.1 Å². The van der Waals surface area contributed by atoms with Crippen LogP contribution in [0.3, 0.4) is 0 Å². The highest BCUT2D eigenvalue weighted by atomic mass is 35.5. The Balaban J connectivity index is 2.60. The zero-order valence-electron chi connectivity index (χ0n) is 9.05. The topological polar surface area (TPSA) is 45.8 Å². The number of halogens is 5. The minimum absolute atomic E-state index is 0.132. The lowest BCUT2D eigenvalue weighted by atomic mass is 10.1. The molecule has 0 atom stereocenters. The first-order valence-electron chi connectivity index (χ1n) is 4.91. The van der Waals surface area contributed by atoms with Crippen molar-refractivity contribution >= 4 is 23.2 Å². The van der Waals surface area contributed by atoms with Crippen LogP contribution in [0.5, 0.6) is 0 Å². The Morgan fingerprint density at radius 1 is 1.11 bits per heavy atom. The molecule has 0 aliphatic carbocycles. The van der Waals surface area contributed by atoms with Crippen molar-refractivity contribution in [3.8, 4) is 11.3 Å². The monoisotopic (exact) mass is 308 g/mol. The van der Waals surface area contributed by atoms with Crippen molar-refractivity contribution in [1.29, 1.82) is 0 Å². The van der Waals surface area contributed by atoms with E-state index in [4.69, 9.17) is 23.2 Å². The van der Waals surface area contributed by atoms with Crippen LogP contribution < -0.4 is 5.56 Å². The number of benzene rings is 1. The Labute approximate surface area is 115 Å². The molecule has 0 saturated heterocycles. The number of nitrogens with one attached hydrogen (secondary N) is 1. The van der Waals surface area contributed by atoms with Gasteiger partial charge in [0.15, 0.2) is 0 Å². The molecule has 0 bridgehead atoms. The van der Waals surface area contributed by atoms with Gasteiger partial charge in [-0.05, 0) is 18.2 Å². The van der Waals surface area contributed by atoms with Crippen molar-refractivity contribution in [2.24, 2.45) is 0 Å². The second-order valence-corrected chi connectivity index (χ2v) is 4.43. The molecule has 0 unspecified atom stereocenters. The molecule has 0 spiro atoms. The van der Waals surface area contributed by atoms with Gasteiger partial charge in [-0.25, -0.2) is 5.10 Å². The smallest absolute Gasteiger partial charge is 0.268 e. The first-order chi connectivity index (χ1) is 8.79. The van der Waals surface area contributed by atoms with Gasteiger partial charge < -0.3 is 0 Å². The predicted octanol–water partition coefficient (Wildman–Crippen LogP) is 3.76. The minimum atomic E-state index is -4.54. The van der Waals surface area contributed by atoms with E-state index in [2.05, 4.69) is 10.2 Å². The molecule has 8 heteroatoms. The molecule has 2 aromatic rings. The van der Waals surface area contributed by atoms with Crippen LogP contribution in [0.4, 0.5) is 13.2 Å². The first-order valence-corrected chi connectivity index (χ1v) is 5.67. The molecule has 19 heavy (non-hydrogen) atoms. The Hall–Kier alpha value is -1.53. The maximum atomic E-state index is 12.6. The van der Waals surface area contributed by atoms with Gasteiger partial charge in [-0.1, -0.05) is 23.2 Å². The van der Waals surface area contributed by atoms with Crippen LogP contribution >= 0.6 is 23.2 Å². The highest BCUT2D eigenvalue weighted by Crippen LogP contribution is 2.39. The van der Waals surface area contributed by atoms with Crippen LogP contribution in [0.25, 0.3) is 11.3 Å². The summed E-state index contributed by atoms with van der Waals surface area (Å²) in [5.74, 6) is 0. The van der Waals surface area contributed by atoms with E-state index in [-0.39, 0.29) is 21.3 Å². The van der Waals surface area contributed by atoms with Gasteiger partial charge in [0.2, 0.25) is 0 Å². The molecule has 100 valence electrons. The summed E-state index contributed by atoms with van der Waals surface area (Å²) in [6.45, 7) is 0. The molecular formula is C11H5Cl2F3N2O. The number of alkyl halides is 3. The standard InChI is InChI=1S/C11H5Cl2F3N2O/c12-6-3-5(11(14,15)16)4-7(13)10(6)8-1-2-9(19)18-17-8/h1-4H,(H,18,19). The van der Waals surface area contributed by atoms with Crippen molar-refractivity contribution in [1.82, 2.24) is 10.2 Å². The number of H-pyrrole nitrogens is 1. The van der Waals surface area contributed by atoms with E-state index in [0.29, 0.717) is 0 Å². The van der Waals surface area contributed by atoms with Crippen LogP contribution in [0, 0.1) is 0 Å². The van der Waals surface area contributed by atoms with Crippen molar-refractivity contribution in [3.05, 3.63) is 50.2 Å². The number of aromatic amines is 1. The molecular weight excluding hydrogens is 304 g/mol. The summed E-state index contributed by atoms with van der Waals surface area (Å²) < 4.78 is 37.7. The Morgan fingerprint density at radius 3 is 2.11 bits per heavy atom. The highest BCUT2D eigenvalue weighted by Gasteiger charge is 2.32. The van der Waals surface area contributed by atoms with E-state index >= 15 is 0 Å². The highest BCUT2D eigenvalue weighted by molar-refractivity contribution is 6.39. The third kappa shape index (κ3) is 2.90. The summed E-state index contributed by atoms with van der Waals surface area (Å²) in [4.78, 5) is 10.9. The molecule has 0 aliphatic rings. The van der Waals surface area contributed by atoms with E-state index in [1.807, 2.05) is 0 Å². The second kappa shape index (κ2) is 4.86. The number of rotatable bonds is 1. The second-order valence-electron chi connectivity index (χ2n) is 3.62. The molecule has 0 amide bonds. The van der Waals surface area contributed by atoms with E-state index in [0.717, 1.165) is 12.1 Å². The molecule has 0 saturated carbocycles. The van der Waals surface area contributed by atoms with Crippen molar-refractivity contribution in [2.45, 2.75) is 6.18 Å². The molecule has 1 aromatic heterocycles. The van der Waals surface area contributed by atoms with Crippen LogP contribution in [-0.4, -0.2) is 10.2 Å². The third-order valence-corrected chi connectivity index (χ3v) is 2.90. The number of hydrogen-bond donors (Lipinski definition) is 1. The quantitative estimate of drug-likeness (QED) is 0.871. The zero-order valence-corrected chi connectivity index (χ0v) is 10.6. The summed E-state index contributed by atoms with van der Waals surface area (Å²) in [6.07, 6.45) is -4.54. The SMILES string of the molecule is O=c1ccc(-c2c(Cl)cc(C(F)(F)F)cc2Cl)n[nH]1. The van der Waals surface area contributed by atoms with E-state index in [1.54, 1.807) is 0 Å².